The molecule has 0 saturated carbocycles. The third-order valence-electron chi connectivity index (χ3n) is 2.97. The number of alkyl halides is 6. The average Bonchev–Trinajstić information content (AvgIpc) is 2.43. The summed E-state index contributed by atoms with van der Waals surface area (Å²) in [6.45, 7) is 0. The number of carbonyl (C=O) groups excluding carboxylic acids is 1. The van der Waals surface area contributed by atoms with Crippen LogP contribution in [-0.4, -0.2) is 5.78 Å². The zero-order valence-electron chi connectivity index (χ0n) is 11.4. The Morgan fingerprint density at radius 3 is 1.25 bits per heavy atom. The highest BCUT2D eigenvalue weighted by Crippen LogP contribution is 2.33. The fourth-order valence-corrected chi connectivity index (χ4v) is 1.94. The summed E-state index contributed by atoms with van der Waals surface area (Å²) in [5.74, 6) is -4.17. The quantitative estimate of drug-likeness (QED) is 0.533. The van der Waals surface area contributed by atoms with Crippen LogP contribution in [0.2, 0.25) is 0 Å². The Balaban J connectivity index is 2.54. The molecule has 24 heavy (non-hydrogen) atoms. The molecule has 0 atom stereocenters. The van der Waals surface area contributed by atoms with Gasteiger partial charge >= 0.3 is 12.4 Å². The van der Waals surface area contributed by atoms with Gasteiger partial charge < -0.3 is 0 Å². The minimum absolute atomic E-state index is 0.128. The highest BCUT2D eigenvalue weighted by atomic mass is 19.4. The molecule has 0 aromatic heterocycles. The summed E-state index contributed by atoms with van der Waals surface area (Å²) >= 11 is 0. The first-order valence-corrected chi connectivity index (χ1v) is 6.18. The Hall–Kier alpha value is -2.45. The standard InChI is InChI=1S/C15H6F8O/c16-11-3-7(1-9(5-11)14(18,19)20)13(24)8-2-10(15(21,22)23)6-12(17)4-8/h1-6H. The number of hydrogen-bond acceptors (Lipinski definition) is 1. The highest BCUT2D eigenvalue weighted by molar-refractivity contribution is 6.09. The van der Waals surface area contributed by atoms with E-state index in [4.69, 9.17) is 0 Å². The van der Waals surface area contributed by atoms with Gasteiger partial charge in [0.15, 0.2) is 5.78 Å². The lowest BCUT2D eigenvalue weighted by Crippen LogP contribution is -2.11. The molecule has 0 heterocycles. The molecule has 128 valence electrons. The van der Waals surface area contributed by atoms with Crippen LogP contribution in [0.25, 0.3) is 0 Å². The van der Waals surface area contributed by atoms with E-state index < -0.39 is 52.0 Å². The smallest absolute Gasteiger partial charge is 0.289 e. The van der Waals surface area contributed by atoms with Crippen LogP contribution in [0.15, 0.2) is 36.4 Å². The van der Waals surface area contributed by atoms with Gasteiger partial charge in [0.05, 0.1) is 11.1 Å². The van der Waals surface area contributed by atoms with E-state index in [2.05, 4.69) is 0 Å². The molecule has 0 spiro atoms. The molecule has 0 bridgehead atoms. The van der Waals surface area contributed by atoms with Crippen molar-refractivity contribution in [3.8, 4) is 0 Å². The third kappa shape index (κ3) is 3.90. The molecular weight excluding hydrogens is 348 g/mol. The monoisotopic (exact) mass is 354 g/mol. The minimum Gasteiger partial charge on any atom is -0.289 e. The molecule has 0 aliphatic rings. The van der Waals surface area contributed by atoms with Crippen molar-refractivity contribution >= 4 is 5.78 Å². The van der Waals surface area contributed by atoms with Crippen molar-refractivity contribution in [2.24, 2.45) is 0 Å². The van der Waals surface area contributed by atoms with E-state index in [0.29, 0.717) is 12.1 Å². The molecule has 9 heteroatoms. The maximum atomic E-state index is 13.3. The Morgan fingerprint density at radius 2 is 0.958 bits per heavy atom. The zero-order chi connectivity index (χ0) is 18.3. The zero-order valence-corrected chi connectivity index (χ0v) is 11.4. The number of benzene rings is 2. The number of hydrogen-bond donors (Lipinski definition) is 0. The summed E-state index contributed by atoms with van der Waals surface area (Å²) in [6.07, 6.45) is -9.92. The fraction of sp³-hybridized carbons (Fsp3) is 0.133. The van der Waals surface area contributed by atoms with E-state index in [1.807, 2.05) is 0 Å². The summed E-state index contributed by atoms with van der Waals surface area (Å²) < 4.78 is 102. The van der Waals surface area contributed by atoms with Gasteiger partial charge in [-0.1, -0.05) is 0 Å². The number of ketones is 1. The Morgan fingerprint density at radius 1 is 0.625 bits per heavy atom. The van der Waals surface area contributed by atoms with Crippen molar-refractivity contribution in [1.29, 1.82) is 0 Å². The third-order valence-corrected chi connectivity index (χ3v) is 2.97. The molecule has 1 nitrogen and oxygen atoms in total. The van der Waals surface area contributed by atoms with Gasteiger partial charge in [-0.25, -0.2) is 8.78 Å². The maximum absolute atomic E-state index is 13.3. The Labute approximate surface area is 129 Å². The van der Waals surface area contributed by atoms with E-state index in [0.717, 1.165) is 0 Å². The van der Waals surface area contributed by atoms with Crippen molar-refractivity contribution in [2.75, 3.05) is 0 Å². The van der Waals surface area contributed by atoms with Crippen molar-refractivity contribution in [3.63, 3.8) is 0 Å². The predicted molar refractivity (Wildman–Crippen MR) is 66.2 cm³/mol. The SMILES string of the molecule is O=C(c1cc(F)cc(C(F)(F)F)c1)c1cc(F)cc(C(F)(F)F)c1. The molecule has 2 aromatic rings. The molecule has 0 aliphatic heterocycles. The fourth-order valence-electron chi connectivity index (χ4n) is 1.94. The molecule has 2 rings (SSSR count). The molecule has 0 radical (unpaired) electrons. The minimum atomic E-state index is -4.96. The second-order valence-electron chi connectivity index (χ2n) is 4.78. The maximum Gasteiger partial charge on any atom is 0.416 e. The van der Waals surface area contributed by atoms with Crippen LogP contribution in [0.3, 0.4) is 0 Å². The van der Waals surface area contributed by atoms with Gasteiger partial charge in [-0.15, -0.1) is 0 Å². The van der Waals surface area contributed by atoms with Gasteiger partial charge in [-0.2, -0.15) is 26.3 Å². The van der Waals surface area contributed by atoms with E-state index in [1.54, 1.807) is 0 Å². The predicted octanol–water partition coefficient (Wildman–Crippen LogP) is 5.23. The lowest BCUT2D eigenvalue weighted by atomic mass is 9.99. The topological polar surface area (TPSA) is 17.1 Å². The van der Waals surface area contributed by atoms with Crippen molar-refractivity contribution < 1.29 is 39.9 Å². The van der Waals surface area contributed by atoms with Crippen LogP contribution < -0.4 is 0 Å². The summed E-state index contributed by atoms with van der Waals surface area (Å²) in [6, 6.07) is 1.67. The lowest BCUT2D eigenvalue weighted by Gasteiger charge is -2.11. The van der Waals surface area contributed by atoms with Gasteiger partial charge in [0.2, 0.25) is 0 Å². The van der Waals surface area contributed by atoms with Crippen molar-refractivity contribution in [3.05, 3.63) is 70.3 Å². The number of halogens is 8. The number of carbonyl (C=O) groups is 1. The van der Waals surface area contributed by atoms with Crippen molar-refractivity contribution in [1.82, 2.24) is 0 Å². The van der Waals surface area contributed by atoms with Crippen LogP contribution in [0.5, 0.6) is 0 Å². The van der Waals surface area contributed by atoms with Gasteiger partial charge in [0.25, 0.3) is 0 Å². The van der Waals surface area contributed by atoms with Gasteiger partial charge in [0.1, 0.15) is 11.6 Å². The van der Waals surface area contributed by atoms with Crippen LogP contribution in [0.4, 0.5) is 35.1 Å². The summed E-state index contributed by atoms with van der Waals surface area (Å²) in [5, 5.41) is 0. The van der Waals surface area contributed by atoms with E-state index in [9.17, 15) is 39.9 Å². The van der Waals surface area contributed by atoms with E-state index in [-0.39, 0.29) is 24.3 Å². The summed E-state index contributed by atoms with van der Waals surface area (Å²) in [7, 11) is 0. The first kappa shape index (κ1) is 17.9. The molecule has 0 saturated heterocycles. The average molecular weight is 354 g/mol. The molecule has 0 fully saturated rings. The molecule has 0 unspecified atom stereocenters. The van der Waals surface area contributed by atoms with E-state index >= 15 is 0 Å². The van der Waals surface area contributed by atoms with Crippen LogP contribution >= 0.6 is 0 Å². The second-order valence-corrected chi connectivity index (χ2v) is 4.78. The largest absolute Gasteiger partial charge is 0.416 e. The summed E-state index contributed by atoms with van der Waals surface area (Å²) in [5.41, 5.74) is -4.67. The molecule has 0 amide bonds. The molecule has 0 aliphatic carbocycles. The highest BCUT2D eigenvalue weighted by Gasteiger charge is 2.34. The Kier molecular flexibility index (Phi) is 4.38. The van der Waals surface area contributed by atoms with Crippen LogP contribution in [0, 0.1) is 11.6 Å². The lowest BCUT2D eigenvalue weighted by molar-refractivity contribution is -0.138. The van der Waals surface area contributed by atoms with Crippen LogP contribution in [-0.2, 0) is 12.4 Å². The molecule has 0 N–H and O–H groups in total. The first-order chi connectivity index (χ1) is 10.9. The van der Waals surface area contributed by atoms with Gasteiger partial charge in [-0.05, 0) is 36.4 Å². The van der Waals surface area contributed by atoms with Gasteiger partial charge in [0, 0.05) is 11.1 Å². The van der Waals surface area contributed by atoms with E-state index in [1.165, 1.54) is 0 Å². The Bertz CT molecular complexity index is 724. The summed E-state index contributed by atoms with van der Waals surface area (Å²) in [4.78, 5) is 12.0. The number of rotatable bonds is 2. The van der Waals surface area contributed by atoms with Gasteiger partial charge in [-0.3, -0.25) is 4.79 Å². The molecular formula is C15H6F8O. The van der Waals surface area contributed by atoms with Crippen LogP contribution in [0.1, 0.15) is 27.0 Å². The second kappa shape index (κ2) is 5.88. The first-order valence-electron chi connectivity index (χ1n) is 6.18. The van der Waals surface area contributed by atoms with Crippen molar-refractivity contribution in [2.45, 2.75) is 12.4 Å². The molecule has 2 aromatic carbocycles. The normalized spacial score (nSPS) is 12.3.